The average Bonchev–Trinajstić information content (AvgIpc) is 2.74. The molecule has 0 amide bonds. The zero-order chi connectivity index (χ0) is 16.6. The lowest BCUT2D eigenvalue weighted by Gasteiger charge is -2.60. The molecule has 4 rings (SSSR count). The van der Waals surface area contributed by atoms with Gasteiger partial charge in [-0.1, -0.05) is 13.8 Å². The maximum Gasteiger partial charge on any atom is 0.137 e. The van der Waals surface area contributed by atoms with Crippen LogP contribution in [0.25, 0.3) is 0 Å². The Kier molecular flexibility index (Phi) is 3.51. The van der Waals surface area contributed by atoms with Crippen LogP contribution in [0, 0.1) is 34.5 Å². The monoisotopic (exact) mass is 322 g/mol. The van der Waals surface area contributed by atoms with Gasteiger partial charge in [0.15, 0.2) is 0 Å². The van der Waals surface area contributed by atoms with E-state index in [2.05, 4.69) is 13.8 Å². The van der Waals surface area contributed by atoms with Crippen molar-refractivity contribution in [1.29, 1.82) is 0 Å². The molecule has 0 saturated heterocycles. The van der Waals surface area contributed by atoms with Crippen molar-refractivity contribution in [2.45, 2.75) is 77.1 Å². The van der Waals surface area contributed by atoms with Crippen molar-refractivity contribution in [2.75, 3.05) is 0 Å². The molecule has 4 aliphatic carbocycles. The highest BCUT2D eigenvalue weighted by atomic mass is 16.3. The van der Waals surface area contributed by atoms with E-state index in [4.69, 9.17) is 0 Å². The number of hydrogen-bond acceptors (Lipinski definition) is 4. The molecule has 4 aliphatic rings. The van der Waals surface area contributed by atoms with Gasteiger partial charge in [-0.25, -0.2) is 0 Å². The Bertz CT molecular complexity index is 519. The molecule has 4 nitrogen and oxygen atoms in total. The molecule has 0 aromatic carbocycles. The van der Waals surface area contributed by atoms with Crippen molar-refractivity contribution in [2.24, 2.45) is 34.5 Å². The van der Waals surface area contributed by atoms with Gasteiger partial charge in [0.2, 0.25) is 0 Å². The summed E-state index contributed by atoms with van der Waals surface area (Å²) in [6.45, 7) is 4.35. The van der Waals surface area contributed by atoms with Gasteiger partial charge in [-0.3, -0.25) is 4.79 Å². The van der Waals surface area contributed by atoms with Crippen LogP contribution in [0.4, 0.5) is 0 Å². The molecule has 130 valence electrons. The van der Waals surface area contributed by atoms with Crippen molar-refractivity contribution in [3.63, 3.8) is 0 Å². The number of carbonyl (C=O) groups excluding carboxylic acids is 1. The number of aliphatic hydroxyl groups is 3. The van der Waals surface area contributed by atoms with E-state index in [0.29, 0.717) is 31.5 Å². The van der Waals surface area contributed by atoms with Gasteiger partial charge >= 0.3 is 0 Å². The summed E-state index contributed by atoms with van der Waals surface area (Å²) in [6.07, 6.45) is 3.95. The summed E-state index contributed by atoms with van der Waals surface area (Å²) in [6, 6.07) is 0. The zero-order valence-electron chi connectivity index (χ0n) is 14.2. The summed E-state index contributed by atoms with van der Waals surface area (Å²) >= 11 is 0. The minimum atomic E-state index is -0.470. The van der Waals surface area contributed by atoms with Gasteiger partial charge in [-0.2, -0.15) is 0 Å². The summed E-state index contributed by atoms with van der Waals surface area (Å²) in [5.74, 6) is 0.689. The third-order valence-corrected chi connectivity index (χ3v) is 8.08. The fourth-order valence-electron chi connectivity index (χ4n) is 7.05. The smallest absolute Gasteiger partial charge is 0.137 e. The molecular weight excluding hydrogens is 292 g/mol. The van der Waals surface area contributed by atoms with Crippen molar-refractivity contribution < 1.29 is 20.1 Å². The Morgan fingerprint density at radius 2 is 1.78 bits per heavy atom. The maximum atomic E-state index is 13.1. The molecule has 0 radical (unpaired) electrons. The summed E-state index contributed by atoms with van der Waals surface area (Å²) in [4.78, 5) is 13.1. The van der Waals surface area contributed by atoms with Crippen molar-refractivity contribution in [3.8, 4) is 0 Å². The Labute approximate surface area is 138 Å². The first-order valence-electron chi connectivity index (χ1n) is 9.31. The van der Waals surface area contributed by atoms with Crippen LogP contribution in [0.1, 0.15) is 58.8 Å². The lowest BCUT2D eigenvalue weighted by molar-refractivity contribution is -0.179. The summed E-state index contributed by atoms with van der Waals surface area (Å²) in [7, 11) is 0. The second-order valence-corrected chi connectivity index (χ2v) is 9.49. The molecule has 0 aliphatic heterocycles. The average molecular weight is 322 g/mol. The van der Waals surface area contributed by atoms with Crippen LogP contribution < -0.4 is 0 Å². The van der Waals surface area contributed by atoms with Crippen LogP contribution in [-0.4, -0.2) is 39.4 Å². The van der Waals surface area contributed by atoms with E-state index in [9.17, 15) is 20.1 Å². The van der Waals surface area contributed by atoms with Crippen molar-refractivity contribution in [1.82, 2.24) is 0 Å². The van der Waals surface area contributed by atoms with E-state index in [0.717, 1.165) is 19.3 Å². The second-order valence-electron chi connectivity index (χ2n) is 9.49. The van der Waals surface area contributed by atoms with Crippen molar-refractivity contribution >= 4 is 5.78 Å². The fourth-order valence-corrected chi connectivity index (χ4v) is 7.05. The number of fused-ring (bicyclic) bond motifs is 5. The van der Waals surface area contributed by atoms with E-state index >= 15 is 0 Å². The molecule has 4 fully saturated rings. The fraction of sp³-hybridized carbons (Fsp3) is 0.947. The molecule has 0 heterocycles. The van der Waals surface area contributed by atoms with Gasteiger partial charge in [-0.15, -0.1) is 0 Å². The van der Waals surface area contributed by atoms with Crippen LogP contribution in [-0.2, 0) is 4.79 Å². The maximum absolute atomic E-state index is 13.1. The predicted octanol–water partition coefficient (Wildman–Crippen LogP) is 1.90. The standard InChI is InChI=1S/C19H30O4/c1-18-8-12(21)7-13(18)16-14(22)6-10-5-11(20)3-4-19(10,2)17(16)15(23)9-18/h10-14,16-17,20-22H,3-9H2,1-2H3. The van der Waals surface area contributed by atoms with Crippen LogP contribution >= 0.6 is 0 Å². The molecule has 3 N–H and O–H groups in total. The SMILES string of the molecule is CC12CC(=O)C3C(C(O)CC4CC(O)CCC43C)C1CC(O)C2. The molecule has 9 atom stereocenters. The number of hydrogen-bond donors (Lipinski definition) is 3. The number of carbonyl (C=O) groups is 1. The van der Waals surface area contributed by atoms with E-state index in [-0.39, 0.29) is 46.7 Å². The Hall–Kier alpha value is -0.450. The molecule has 4 saturated carbocycles. The molecule has 9 unspecified atom stereocenters. The lowest BCUT2D eigenvalue weighted by atomic mass is 9.44. The number of aliphatic hydroxyl groups excluding tert-OH is 3. The van der Waals surface area contributed by atoms with E-state index in [1.54, 1.807) is 0 Å². The highest BCUT2D eigenvalue weighted by molar-refractivity contribution is 5.84. The quantitative estimate of drug-likeness (QED) is 0.636. The molecule has 0 aromatic heterocycles. The summed E-state index contributed by atoms with van der Waals surface area (Å²) in [5.41, 5.74) is -0.231. The Morgan fingerprint density at radius 3 is 2.52 bits per heavy atom. The molecule has 0 aromatic rings. The largest absolute Gasteiger partial charge is 0.393 e. The van der Waals surface area contributed by atoms with Gasteiger partial charge in [0.25, 0.3) is 0 Å². The molecule has 4 heteroatoms. The van der Waals surface area contributed by atoms with E-state index in [1.165, 1.54) is 0 Å². The normalized spacial score (nSPS) is 59.2. The van der Waals surface area contributed by atoms with Crippen molar-refractivity contribution in [3.05, 3.63) is 0 Å². The van der Waals surface area contributed by atoms with E-state index < -0.39 is 6.10 Å². The topological polar surface area (TPSA) is 77.8 Å². The number of rotatable bonds is 0. The van der Waals surface area contributed by atoms with Gasteiger partial charge in [0, 0.05) is 12.3 Å². The minimum Gasteiger partial charge on any atom is -0.393 e. The van der Waals surface area contributed by atoms with Crippen LogP contribution in [0.2, 0.25) is 0 Å². The number of ketones is 1. The molecular formula is C19H30O4. The van der Waals surface area contributed by atoms with E-state index in [1.807, 2.05) is 0 Å². The van der Waals surface area contributed by atoms with Gasteiger partial charge in [0.05, 0.1) is 18.3 Å². The third-order valence-electron chi connectivity index (χ3n) is 8.08. The van der Waals surface area contributed by atoms with Crippen LogP contribution in [0.3, 0.4) is 0 Å². The second kappa shape index (κ2) is 5.03. The van der Waals surface area contributed by atoms with Gasteiger partial charge < -0.3 is 15.3 Å². The Morgan fingerprint density at radius 1 is 1.04 bits per heavy atom. The number of Topliss-reactive ketones (excluding diaryl/α,β-unsaturated/α-hetero) is 1. The first-order chi connectivity index (χ1) is 10.7. The first kappa shape index (κ1) is 16.0. The molecule has 23 heavy (non-hydrogen) atoms. The highest BCUT2D eigenvalue weighted by Gasteiger charge is 2.64. The zero-order valence-corrected chi connectivity index (χ0v) is 14.2. The summed E-state index contributed by atoms with van der Waals surface area (Å²) < 4.78 is 0. The van der Waals surface area contributed by atoms with Crippen LogP contribution in [0.15, 0.2) is 0 Å². The van der Waals surface area contributed by atoms with Crippen LogP contribution in [0.5, 0.6) is 0 Å². The first-order valence-corrected chi connectivity index (χ1v) is 9.31. The molecule has 0 bridgehead atoms. The van der Waals surface area contributed by atoms with Gasteiger partial charge in [-0.05, 0) is 67.1 Å². The van der Waals surface area contributed by atoms with Gasteiger partial charge in [0.1, 0.15) is 5.78 Å². The minimum absolute atomic E-state index is 0.00473. The third kappa shape index (κ3) is 2.17. The summed E-state index contributed by atoms with van der Waals surface area (Å²) in [5, 5.41) is 31.1. The lowest BCUT2D eigenvalue weighted by Crippen LogP contribution is -2.61. The molecule has 0 spiro atoms. The predicted molar refractivity (Wildman–Crippen MR) is 85.5 cm³/mol. The Balaban J connectivity index is 1.73. The highest BCUT2D eigenvalue weighted by Crippen LogP contribution is 2.65.